The molecular formula is C20H34O2. The highest BCUT2D eigenvalue weighted by molar-refractivity contribution is 5.19. The molecule has 2 atom stereocenters. The number of hydrogen-bond acceptors (Lipinski definition) is 2. The Hall–Kier alpha value is -0.860. The lowest BCUT2D eigenvalue weighted by Gasteiger charge is -2.39. The van der Waals surface area contributed by atoms with E-state index in [0.29, 0.717) is 0 Å². The van der Waals surface area contributed by atoms with Gasteiger partial charge in [-0.2, -0.15) is 0 Å². The summed E-state index contributed by atoms with van der Waals surface area (Å²) in [5, 5.41) is 0. The van der Waals surface area contributed by atoms with E-state index in [2.05, 4.69) is 72.7 Å². The molecule has 0 aliphatic carbocycles. The quantitative estimate of drug-likeness (QED) is 0.456. The Balaban J connectivity index is 2.94. The van der Waals surface area contributed by atoms with Crippen molar-refractivity contribution in [2.24, 2.45) is 10.8 Å². The van der Waals surface area contributed by atoms with Crippen molar-refractivity contribution >= 4 is 0 Å². The second kappa shape index (κ2) is 8.12. The minimum atomic E-state index is -0.205. The minimum Gasteiger partial charge on any atom is -0.352 e. The molecule has 0 N–H and O–H groups in total. The first-order chi connectivity index (χ1) is 10.2. The van der Waals surface area contributed by atoms with E-state index in [0.717, 1.165) is 19.4 Å². The maximum Gasteiger partial charge on any atom is 0.163 e. The van der Waals surface area contributed by atoms with Gasteiger partial charge in [-0.15, -0.1) is 0 Å². The van der Waals surface area contributed by atoms with Gasteiger partial charge in [-0.25, -0.2) is 0 Å². The first-order valence-corrected chi connectivity index (χ1v) is 8.48. The SMILES string of the molecule is CCCCOC(OC(c1ccccc1)C(C)(C)C)C(C)(C)C. The van der Waals surface area contributed by atoms with E-state index in [1.165, 1.54) is 5.56 Å². The zero-order valence-electron chi connectivity index (χ0n) is 15.5. The molecule has 2 nitrogen and oxygen atoms in total. The highest BCUT2D eigenvalue weighted by atomic mass is 16.7. The fraction of sp³-hybridized carbons (Fsp3) is 0.700. The second-order valence-electron chi connectivity index (χ2n) is 8.22. The van der Waals surface area contributed by atoms with Crippen molar-refractivity contribution in [3.8, 4) is 0 Å². The predicted molar refractivity (Wildman–Crippen MR) is 93.8 cm³/mol. The summed E-state index contributed by atoms with van der Waals surface area (Å²) < 4.78 is 12.6. The lowest BCUT2D eigenvalue weighted by Crippen LogP contribution is -2.36. The van der Waals surface area contributed by atoms with Crippen LogP contribution in [-0.4, -0.2) is 12.9 Å². The summed E-state index contributed by atoms with van der Waals surface area (Å²) in [5.74, 6) is 0. The molecule has 0 saturated heterocycles. The summed E-state index contributed by atoms with van der Waals surface area (Å²) >= 11 is 0. The Morgan fingerprint density at radius 3 is 1.95 bits per heavy atom. The lowest BCUT2D eigenvalue weighted by molar-refractivity contribution is -0.237. The third kappa shape index (κ3) is 6.10. The van der Waals surface area contributed by atoms with Gasteiger partial charge in [0.25, 0.3) is 0 Å². The van der Waals surface area contributed by atoms with Gasteiger partial charge < -0.3 is 9.47 Å². The minimum absolute atomic E-state index is 0.0129. The van der Waals surface area contributed by atoms with Crippen LogP contribution in [0.5, 0.6) is 0 Å². The van der Waals surface area contributed by atoms with Crippen LogP contribution in [0.25, 0.3) is 0 Å². The molecule has 1 aromatic rings. The average Bonchev–Trinajstić information content (AvgIpc) is 2.41. The molecule has 0 aromatic heterocycles. The van der Waals surface area contributed by atoms with Gasteiger partial charge in [-0.05, 0) is 17.4 Å². The molecule has 126 valence electrons. The maximum absolute atomic E-state index is 6.49. The Labute approximate surface area is 137 Å². The van der Waals surface area contributed by atoms with E-state index >= 15 is 0 Å². The van der Waals surface area contributed by atoms with E-state index in [1.807, 2.05) is 6.07 Å². The van der Waals surface area contributed by atoms with Crippen molar-refractivity contribution in [3.05, 3.63) is 35.9 Å². The number of ether oxygens (including phenoxy) is 2. The fourth-order valence-electron chi connectivity index (χ4n) is 2.36. The van der Waals surface area contributed by atoms with Gasteiger partial charge in [0, 0.05) is 12.0 Å². The molecule has 0 bridgehead atoms. The molecule has 0 amide bonds. The zero-order chi connectivity index (χ0) is 16.8. The van der Waals surface area contributed by atoms with E-state index < -0.39 is 0 Å². The Bertz CT molecular complexity index is 412. The van der Waals surface area contributed by atoms with E-state index in [-0.39, 0.29) is 23.2 Å². The molecule has 1 aromatic carbocycles. The Morgan fingerprint density at radius 2 is 1.50 bits per heavy atom. The number of hydrogen-bond donors (Lipinski definition) is 0. The molecule has 0 radical (unpaired) electrons. The molecule has 2 heteroatoms. The topological polar surface area (TPSA) is 18.5 Å². The van der Waals surface area contributed by atoms with Crippen LogP contribution >= 0.6 is 0 Å². The van der Waals surface area contributed by atoms with Crippen molar-refractivity contribution in [2.75, 3.05) is 6.61 Å². The fourth-order valence-corrected chi connectivity index (χ4v) is 2.36. The summed E-state index contributed by atoms with van der Waals surface area (Å²) in [6, 6.07) is 10.5. The van der Waals surface area contributed by atoms with Crippen LogP contribution in [-0.2, 0) is 9.47 Å². The van der Waals surface area contributed by atoms with Gasteiger partial charge in [0.1, 0.15) is 0 Å². The molecule has 0 aliphatic heterocycles. The van der Waals surface area contributed by atoms with Gasteiger partial charge in [0.15, 0.2) is 6.29 Å². The van der Waals surface area contributed by atoms with Gasteiger partial charge in [0.05, 0.1) is 6.10 Å². The predicted octanol–water partition coefficient (Wildman–Crippen LogP) is 5.98. The van der Waals surface area contributed by atoms with Gasteiger partial charge >= 0.3 is 0 Å². The zero-order valence-corrected chi connectivity index (χ0v) is 15.5. The molecule has 0 saturated carbocycles. The molecule has 22 heavy (non-hydrogen) atoms. The maximum atomic E-state index is 6.49. The molecule has 0 aliphatic rings. The van der Waals surface area contributed by atoms with Crippen LogP contribution in [0.3, 0.4) is 0 Å². The molecule has 0 heterocycles. The third-order valence-electron chi connectivity index (χ3n) is 3.62. The van der Waals surface area contributed by atoms with Crippen molar-refractivity contribution < 1.29 is 9.47 Å². The van der Waals surface area contributed by atoms with Crippen molar-refractivity contribution in [1.29, 1.82) is 0 Å². The Morgan fingerprint density at radius 1 is 0.909 bits per heavy atom. The van der Waals surface area contributed by atoms with Crippen LogP contribution in [0.1, 0.15) is 73.0 Å². The monoisotopic (exact) mass is 306 g/mol. The largest absolute Gasteiger partial charge is 0.352 e. The number of benzene rings is 1. The lowest BCUT2D eigenvalue weighted by atomic mass is 9.84. The standard InChI is InChI=1S/C20H34O2/c1-8-9-15-21-18(20(5,6)7)22-17(19(2,3)4)16-13-11-10-12-14-16/h10-14,17-18H,8-9,15H2,1-7H3. The smallest absolute Gasteiger partial charge is 0.163 e. The van der Waals surface area contributed by atoms with Gasteiger partial charge in [-0.3, -0.25) is 0 Å². The van der Waals surface area contributed by atoms with E-state index in [4.69, 9.17) is 9.47 Å². The van der Waals surface area contributed by atoms with E-state index in [9.17, 15) is 0 Å². The van der Waals surface area contributed by atoms with Crippen LogP contribution in [0.15, 0.2) is 30.3 Å². The molecule has 0 fully saturated rings. The van der Waals surface area contributed by atoms with E-state index in [1.54, 1.807) is 0 Å². The van der Waals surface area contributed by atoms with Crippen molar-refractivity contribution in [3.63, 3.8) is 0 Å². The molecule has 1 rings (SSSR count). The van der Waals surface area contributed by atoms with Crippen LogP contribution < -0.4 is 0 Å². The Kier molecular flexibility index (Phi) is 7.08. The summed E-state index contributed by atoms with van der Waals surface area (Å²) in [4.78, 5) is 0. The number of rotatable bonds is 7. The molecule has 2 unspecified atom stereocenters. The highest BCUT2D eigenvalue weighted by Gasteiger charge is 2.35. The van der Waals surface area contributed by atoms with Gasteiger partial charge in [0.2, 0.25) is 0 Å². The third-order valence-corrected chi connectivity index (χ3v) is 3.62. The summed E-state index contributed by atoms with van der Waals surface area (Å²) in [7, 11) is 0. The number of unbranched alkanes of at least 4 members (excludes halogenated alkanes) is 1. The summed E-state index contributed by atoms with van der Waals surface area (Å²) in [6.45, 7) is 16.1. The highest BCUT2D eigenvalue weighted by Crippen LogP contribution is 2.39. The average molecular weight is 306 g/mol. The second-order valence-corrected chi connectivity index (χ2v) is 8.22. The van der Waals surface area contributed by atoms with Gasteiger partial charge in [-0.1, -0.05) is 85.2 Å². The van der Waals surface area contributed by atoms with Crippen LogP contribution in [0.2, 0.25) is 0 Å². The van der Waals surface area contributed by atoms with Crippen LogP contribution in [0.4, 0.5) is 0 Å². The van der Waals surface area contributed by atoms with Crippen molar-refractivity contribution in [2.45, 2.75) is 73.7 Å². The first-order valence-electron chi connectivity index (χ1n) is 8.48. The summed E-state index contributed by atoms with van der Waals surface area (Å²) in [6.07, 6.45) is 2.02. The summed E-state index contributed by atoms with van der Waals surface area (Å²) in [5.41, 5.74) is 1.17. The van der Waals surface area contributed by atoms with Crippen molar-refractivity contribution in [1.82, 2.24) is 0 Å². The molecule has 0 spiro atoms. The first kappa shape index (κ1) is 19.2. The van der Waals surface area contributed by atoms with Crippen LogP contribution in [0, 0.1) is 10.8 Å². The molecular weight excluding hydrogens is 272 g/mol. The normalized spacial score (nSPS) is 15.6.